The third-order valence-corrected chi connectivity index (χ3v) is 3.78. The van der Waals surface area contributed by atoms with Gasteiger partial charge in [-0.05, 0) is 40.4 Å². The van der Waals surface area contributed by atoms with Crippen LogP contribution >= 0.6 is 27.5 Å². The van der Waals surface area contributed by atoms with Gasteiger partial charge in [0.05, 0.1) is 14.9 Å². The molecule has 15 heavy (non-hydrogen) atoms. The van der Waals surface area contributed by atoms with Gasteiger partial charge in [0.1, 0.15) is 0 Å². The molecule has 2 nitrogen and oxygen atoms in total. The molecule has 0 spiro atoms. The lowest BCUT2D eigenvalue weighted by Crippen LogP contribution is -2.20. The first-order valence-corrected chi connectivity index (χ1v) is 5.53. The van der Waals surface area contributed by atoms with E-state index in [9.17, 15) is 9.18 Å². The van der Waals surface area contributed by atoms with Crippen LogP contribution in [-0.4, -0.2) is 11.1 Å². The topological polar surface area (TPSA) is 37.3 Å². The Labute approximate surface area is 99.2 Å². The van der Waals surface area contributed by atoms with E-state index in [1.54, 1.807) is 6.07 Å². The fourth-order valence-corrected chi connectivity index (χ4v) is 2.62. The maximum absolute atomic E-state index is 13.4. The van der Waals surface area contributed by atoms with Crippen LogP contribution in [0.1, 0.15) is 18.4 Å². The van der Waals surface area contributed by atoms with Gasteiger partial charge in [0, 0.05) is 0 Å². The first-order chi connectivity index (χ1) is 6.99. The minimum Gasteiger partial charge on any atom is -0.481 e. The molecule has 0 radical (unpaired) electrons. The normalized spacial score (nSPS) is 17.5. The van der Waals surface area contributed by atoms with Crippen molar-refractivity contribution in [3.63, 3.8) is 0 Å². The Balaban J connectivity index is 2.55. The Morgan fingerprint density at radius 2 is 2.13 bits per heavy atom. The van der Waals surface area contributed by atoms with Crippen LogP contribution < -0.4 is 0 Å². The molecule has 1 aromatic carbocycles. The van der Waals surface area contributed by atoms with Gasteiger partial charge in [-0.25, -0.2) is 4.39 Å². The quantitative estimate of drug-likeness (QED) is 0.849. The number of carboxylic acid groups (broad SMARTS) is 1. The van der Waals surface area contributed by atoms with Gasteiger partial charge in [-0.3, -0.25) is 4.79 Å². The molecule has 0 bridgehead atoms. The number of carbonyl (C=O) groups is 1. The molecule has 1 aliphatic rings. The van der Waals surface area contributed by atoms with Crippen molar-refractivity contribution in [2.75, 3.05) is 0 Å². The first kappa shape index (κ1) is 10.9. The highest BCUT2D eigenvalue weighted by Crippen LogP contribution is 2.51. The third-order valence-electron chi connectivity index (χ3n) is 2.71. The zero-order valence-electron chi connectivity index (χ0n) is 7.56. The van der Waals surface area contributed by atoms with Crippen LogP contribution in [0, 0.1) is 5.82 Å². The van der Waals surface area contributed by atoms with Crippen LogP contribution in [0.15, 0.2) is 16.6 Å². The molecule has 0 aromatic heterocycles. The maximum Gasteiger partial charge on any atom is 0.314 e. The van der Waals surface area contributed by atoms with Crippen LogP contribution in [-0.2, 0) is 10.2 Å². The SMILES string of the molecule is O=C(O)C1(c2ccc(Cl)c(F)c2Br)CC1. The third kappa shape index (κ3) is 1.56. The molecule has 0 amide bonds. The van der Waals surface area contributed by atoms with Crippen LogP contribution in [0.3, 0.4) is 0 Å². The Morgan fingerprint density at radius 1 is 1.53 bits per heavy atom. The monoisotopic (exact) mass is 292 g/mol. The summed E-state index contributed by atoms with van der Waals surface area (Å²) in [6.07, 6.45) is 1.09. The fraction of sp³-hybridized carbons (Fsp3) is 0.300. The van der Waals surface area contributed by atoms with Crippen LogP contribution in [0.2, 0.25) is 5.02 Å². The molecule has 80 valence electrons. The Bertz CT molecular complexity index is 443. The van der Waals surface area contributed by atoms with E-state index in [1.165, 1.54) is 6.07 Å². The number of benzene rings is 1. The van der Waals surface area contributed by atoms with Gasteiger partial charge in [-0.1, -0.05) is 17.7 Å². The molecule has 0 unspecified atom stereocenters. The summed E-state index contributed by atoms with van der Waals surface area (Å²) in [6, 6.07) is 2.95. The predicted molar refractivity (Wildman–Crippen MR) is 57.7 cm³/mol. The van der Waals surface area contributed by atoms with E-state index in [-0.39, 0.29) is 9.50 Å². The summed E-state index contributed by atoms with van der Waals surface area (Å²) in [5.41, 5.74) is -0.443. The highest BCUT2D eigenvalue weighted by molar-refractivity contribution is 9.10. The molecular weight excluding hydrogens is 286 g/mol. The molecular formula is C10H7BrClFO2. The highest BCUT2D eigenvalue weighted by Gasteiger charge is 2.53. The van der Waals surface area contributed by atoms with Crippen molar-refractivity contribution in [3.8, 4) is 0 Å². The largest absolute Gasteiger partial charge is 0.481 e. The number of halogens is 3. The van der Waals surface area contributed by atoms with E-state index in [0.717, 1.165) is 0 Å². The van der Waals surface area contributed by atoms with Gasteiger partial charge < -0.3 is 5.11 Å². The average Bonchev–Trinajstić information content (AvgIpc) is 2.95. The number of rotatable bonds is 2. The summed E-state index contributed by atoms with van der Waals surface area (Å²) in [5.74, 6) is -1.51. The maximum atomic E-state index is 13.4. The second-order valence-electron chi connectivity index (χ2n) is 3.61. The zero-order chi connectivity index (χ0) is 11.2. The van der Waals surface area contributed by atoms with Crippen molar-refractivity contribution < 1.29 is 14.3 Å². The lowest BCUT2D eigenvalue weighted by Gasteiger charge is -2.13. The molecule has 5 heteroatoms. The molecule has 1 aromatic rings. The van der Waals surface area contributed by atoms with Crippen LogP contribution in [0.5, 0.6) is 0 Å². The lowest BCUT2D eigenvalue weighted by molar-refractivity contribution is -0.140. The minimum absolute atomic E-state index is 0.00758. The summed E-state index contributed by atoms with van der Waals surface area (Å²) < 4.78 is 13.6. The smallest absolute Gasteiger partial charge is 0.314 e. The number of hydrogen-bond acceptors (Lipinski definition) is 1. The van der Waals surface area contributed by atoms with Gasteiger partial charge >= 0.3 is 5.97 Å². The van der Waals surface area contributed by atoms with Crippen molar-refractivity contribution in [2.24, 2.45) is 0 Å². The second-order valence-corrected chi connectivity index (χ2v) is 4.81. The van der Waals surface area contributed by atoms with Crippen LogP contribution in [0.4, 0.5) is 4.39 Å². The fourth-order valence-electron chi connectivity index (χ4n) is 1.62. The van der Waals surface area contributed by atoms with E-state index in [4.69, 9.17) is 16.7 Å². The molecule has 0 aliphatic heterocycles. The summed E-state index contributed by atoms with van der Waals surface area (Å²) in [5, 5.41) is 9.06. The van der Waals surface area contributed by atoms with Crippen molar-refractivity contribution in [1.82, 2.24) is 0 Å². The molecule has 1 N–H and O–H groups in total. The second kappa shape index (κ2) is 3.46. The van der Waals surface area contributed by atoms with E-state index in [2.05, 4.69) is 15.9 Å². The number of carboxylic acids is 1. The molecule has 1 saturated carbocycles. The van der Waals surface area contributed by atoms with Gasteiger partial charge in [-0.2, -0.15) is 0 Å². The van der Waals surface area contributed by atoms with Crippen molar-refractivity contribution in [2.45, 2.75) is 18.3 Å². The molecule has 0 heterocycles. The Kier molecular flexibility index (Phi) is 2.51. The van der Waals surface area contributed by atoms with E-state index >= 15 is 0 Å². The standard InChI is InChI=1S/C10H7BrClFO2/c11-7-5(1-2-6(12)8(7)13)10(3-4-10)9(14)15/h1-2H,3-4H2,(H,14,15). The molecule has 0 atom stereocenters. The Morgan fingerprint density at radius 3 is 2.60 bits per heavy atom. The van der Waals surface area contributed by atoms with Gasteiger partial charge in [0.2, 0.25) is 0 Å². The van der Waals surface area contributed by atoms with Gasteiger partial charge in [-0.15, -0.1) is 0 Å². The lowest BCUT2D eigenvalue weighted by atomic mass is 9.96. The van der Waals surface area contributed by atoms with Gasteiger partial charge in [0.15, 0.2) is 5.82 Å². The predicted octanol–water partition coefficient (Wildman–Crippen LogP) is 3.36. The Hall–Kier alpha value is -0.610. The molecule has 0 saturated heterocycles. The van der Waals surface area contributed by atoms with Gasteiger partial charge in [0.25, 0.3) is 0 Å². The van der Waals surface area contributed by atoms with Crippen molar-refractivity contribution >= 4 is 33.5 Å². The number of aliphatic carboxylic acids is 1. The summed E-state index contributed by atoms with van der Waals surface area (Å²) in [6.45, 7) is 0. The van der Waals surface area contributed by atoms with E-state index in [0.29, 0.717) is 18.4 Å². The van der Waals surface area contributed by atoms with Crippen LogP contribution in [0.25, 0.3) is 0 Å². The summed E-state index contributed by atoms with van der Waals surface area (Å²) in [7, 11) is 0. The summed E-state index contributed by atoms with van der Waals surface area (Å²) in [4.78, 5) is 11.1. The van der Waals surface area contributed by atoms with Crippen molar-refractivity contribution in [1.29, 1.82) is 0 Å². The minimum atomic E-state index is -0.912. The number of hydrogen-bond donors (Lipinski definition) is 1. The molecule has 1 fully saturated rings. The van der Waals surface area contributed by atoms with E-state index in [1.807, 2.05) is 0 Å². The van der Waals surface area contributed by atoms with Crippen molar-refractivity contribution in [3.05, 3.63) is 33.0 Å². The van der Waals surface area contributed by atoms with E-state index < -0.39 is 17.2 Å². The molecule has 1 aliphatic carbocycles. The average molecular weight is 294 g/mol. The summed E-state index contributed by atoms with van der Waals surface area (Å²) >= 11 is 8.64. The zero-order valence-corrected chi connectivity index (χ0v) is 9.90. The first-order valence-electron chi connectivity index (χ1n) is 4.36. The highest BCUT2D eigenvalue weighted by atomic mass is 79.9. The molecule has 2 rings (SSSR count).